The summed E-state index contributed by atoms with van der Waals surface area (Å²) in [6.45, 7) is 1.21. The van der Waals surface area contributed by atoms with Gasteiger partial charge in [-0.2, -0.15) is 4.98 Å². The lowest BCUT2D eigenvalue weighted by Gasteiger charge is -2.05. The SMILES string of the molecule is COCCNc1nccc(Nc2cc(-c3ccc(OC)cc3)no2)n1. The molecule has 0 aliphatic rings. The van der Waals surface area contributed by atoms with Gasteiger partial charge in [-0.25, -0.2) is 4.98 Å². The second kappa shape index (κ2) is 8.11. The highest BCUT2D eigenvalue weighted by Gasteiger charge is 2.08. The normalized spacial score (nSPS) is 10.5. The molecule has 0 amide bonds. The van der Waals surface area contributed by atoms with Gasteiger partial charge in [0.15, 0.2) is 0 Å². The van der Waals surface area contributed by atoms with Crippen molar-refractivity contribution >= 4 is 17.7 Å². The lowest BCUT2D eigenvalue weighted by Crippen LogP contribution is -2.10. The van der Waals surface area contributed by atoms with Gasteiger partial charge in [0.1, 0.15) is 17.3 Å². The smallest absolute Gasteiger partial charge is 0.230 e. The highest BCUT2D eigenvalue weighted by molar-refractivity contribution is 5.64. The minimum atomic E-state index is 0.493. The van der Waals surface area contributed by atoms with Gasteiger partial charge < -0.3 is 24.6 Å². The van der Waals surface area contributed by atoms with Crippen molar-refractivity contribution in [2.75, 3.05) is 38.0 Å². The number of rotatable bonds is 8. The van der Waals surface area contributed by atoms with Gasteiger partial charge in [-0.3, -0.25) is 0 Å². The molecule has 0 radical (unpaired) electrons. The zero-order valence-corrected chi connectivity index (χ0v) is 14.0. The molecule has 0 bridgehead atoms. The fraction of sp³-hybridized carbons (Fsp3) is 0.235. The van der Waals surface area contributed by atoms with Crippen molar-refractivity contribution in [3.8, 4) is 17.0 Å². The maximum Gasteiger partial charge on any atom is 0.230 e. The van der Waals surface area contributed by atoms with Crippen LogP contribution in [0.5, 0.6) is 5.75 Å². The van der Waals surface area contributed by atoms with E-state index in [4.69, 9.17) is 14.0 Å². The summed E-state index contributed by atoms with van der Waals surface area (Å²) >= 11 is 0. The van der Waals surface area contributed by atoms with E-state index in [0.717, 1.165) is 17.0 Å². The van der Waals surface area contributed by atoms with Gasteiger partial charge in [-0.05, 0) is 30.3 Å². The van der Waals surface area contributed by atoms with Gasteiger partial charge in [0.2, 0.25) is 11.8 Å². The van der Waals surface area contributed by atoms with Crippen LogP contribution in [0.4, 0.5) is 17.7 Å². The first-order valence-electron chi connectivity index (χ1n) is 7.72. The first-order valence-corrected chi connectivity index (χ1v) is 7.72. The Kier molecular flexibility index (Phi) is 5.43. The van der Waals surface area contributed by atoms with Crippen LogP contribution in [-0.4, -0.2) is 42.5 Å². The lowest BCUT2D eigenvalue weighted by atomic mass is 10.1. The van der Waals surface area contributed by atoms with Crippen LogP contribution < -0.4 is 15.4 Å². The van der Waals surface area contributed by atoms with Gasteiger partial charge in [0.05, 0.1) is 13.7 Å². The van der Waals surface area contributed by atoms with E-state index in [1.807, 2.05) is 30.3 Å². The third-order valence-electron chi connectivity index (χ3n) is 3.39. The molecule has 0 aliphatic carbocycles. The van der Waals surface area contributed by atoms with Gasteiger partial charge in [-0.15, -0.1) is 0 Å². The van der Waals surface area contributed by atoms with E-state index in [1.165, 1.54) is 0 Å². The highest BCUT2D eigenvalue weighted by Crippen LogP contribution is 2.25. The number of benzene rings is 1. The van der Waals surface area contributed by atoms with E-state index in [-0.39, 0.29) is 0 Å². The fourth-order valence-corrected chi connectivity index (χ4v) is 2.14. The van der Waals surface area contributed by atoms with Gasteiger partial charge >= 0.3 is 0 Å². The van der Waals surface area contributed by atoms with Crippen molar-refractivity contribution in [3.05, 3.63) is 42.6 Å². The monoisotopic (exact) mass is 341 g/mol. The van der Waals surface area contributed by atoms with E-state index in [0.29, 0.717) is 30.8 Å². The predicted octanol–water partition coefficient (Wildman–Crippen LogP) is 2.94. The topological polar surface area (TPSA) is 94.3 Å². The van der Waals surface area contributed by atoms with E-state index in [1.54, 1.807) is 26.5 Å². The molecule has 2 aromatic heterocycles. The zero-order chi connectivity index (χ0) is 17.5. The Morgan fingerprint density at radius 2 is 1.96 bits per heavy atom. The van der Waals surface area contributed by atoms with Crippen LogP contribution in [0.2, 0.25) is 0 Å². The Morgan fingerprint density at radius 1 is 1.12 bits per heavy atom. The van der Waals surface area contributed by atoms with Crippen molar-refractivity contribution < 1.29 is 14.0 Å². The van der Waals surface area contributed by atoms with E-state index >= 15 is 0 Å². The Morgan fingerprint density at radius 3 is 2.72 bits per heavy atom. The van der Waals surface area contributed by atoms with E-state index < -0.39 is 0 Å². The van der Waals surface area contributed by atoms with Crippen LogP contribution >= 0.6 is 0 Å². The Labute approximate surface area is 145 Å². The van der Waals surface area contributed by atoms with Crippen molar-refractivity contribution in [3.63, 3.8) is 0 Å². The van der Waals surface area contributed by atoms with Crippen LogP contribution in [0.25, 0.3) is 11.3 Å². The Balaban J connectivity index is 1.67. The number of nitrogens with one attached hydrogen (secondary N) is 2. The highest BCUT2D eigenvalue weighted by atomic mass is 16.5. The maximum atomic E-state index is 5.32. The number of aromatic nitrogens is 3. The molecule has 130 valence electrons. The van der Waals surface area contributed by atoms with Crippen LogP contribution in [0.3, 0.4) is 0 Å². The van der Waals surface area contributed by atoms with Gasteiger partial charge in [0, 0.05) is 31.5 Å². The first kappa shape index (κ1) is 16.7. The summed E-state index contributed by atoms with van der Waals surface area (Å²) in [6.07, 6.45) is 1.66. The molecular weight excluding hydrogens is 322 g/mol. The summed E-state index contributed by atoms with van der Waals surface area (Å²) in [4.78, 5) is 8.50. The van der Waals surface area contributed by atoms with E-state index in [9.17, 15) is 0 Å². The van der Waals surface area contributed by atoms with Crippen LogP contribution in [-0.2, 0) is 4.74 Å². The fourth-order valence-electron chi connectivity index (χ4n) is 2.14. The maximum absolute atomic E-state index is 5.32. The molecule has 0 atom stereocenters. The summed E-state index contributed by atoms with van der Waals surface area (Å²) in [7, 11) is 3.28. The molecule has 1 aromatic carbocycles. The summed E-state index contributed by atoms with van der Waals surface area (Å²) in [6, 6.07) is 11.1. The van der Waals surface area contributed by atoms with Crippen LogP contribution in [0.1, 0.15) is 0 Å². The molecule has 0 saturated carbocycles. The molecule has 0 fully saturated rings. The minimum absolute atomic E-state index is 0.493. The molecule has 0 aliphatic heterocycles. The van der Waals surface area contributed by atoms with Crippen molar-refractivity contribution in [2.24, 2.45) is 0 Å². The quantitative estimate of drug-likeness (QED) is 0.604. The van der Waals surface area contributed by atoms with Crippen molar-refractivity contribution in [2.45, 2.75) is 0 Å². The zero-order valence-electron chi connectivity index (χ0n) is 14.0. The third kappa shape index (κ3) is 4.45. The number of hydrogen-bond acceptors (Lipinski definition) is 8. The van der Waals surface area contributed by atoms with Gasteiger partial charge in [-0.1, -0.05) is 5.16 Å². The Hall–Kier alpha value is -3.13. The largest absolute Gasteiger partial charge is 0.497 e. The number of anilines is 3. The molecule has 3 rings (SSSR count). The predicted molar refractivity (Wildman–Crippen MR) is 94.2 cm³/mol. The number of methoxy groups -OCH3 is 2. The lowest BCUT2D eigenvalue weighted by molar-refractivity contribution is 0.210. The number of hydrogen-bond donors (Lipinski definition) is 2. The number of ether oxygens (including phenoxy) is 2. The van der Waals surface area contributed by atoms with Gasteiger partial charge in [0.25, 0.3) is 0 Å². The van der Waals surface area contributed by atoms with Crippen molar-refractivity contribution in [1.82, 2.24) is 15.1 Å². The van der Waals surface area contributed by atoms with E-state index in [2.05, 4.69) is 25.8 Å². The summed E-state index contributed by atoms with van der Waals surface area (Å²) in [5, 5.41) is 10.2. The Bertz CT molecular complexity index is 804. The number of nitrogens with zero attached hydrogens (tertiary/aromatic N) is 3. The molecule has 0 spiro atoms. The average molecular weight is 341 g/mol. The summed E-state index contributed by atoms with van der Waals surface area (Å²) < 4.78 is 15.5. The molecule has 0 saturated heterocycles. The van der Waals surface area contributed by atoms with Crippen molar-refractivity contribution in [1.29, 1.82) is 0 Å². The summed E-state index contributed by atoms with van der Waals surface area (Å²) in [5.74, 6) is 2.40. The third-order valence-corrected chi connectivity index (χ3v) is 3.39. The molecule has 2 heterocycles. The molecular formula is C17H19N5O3. The molecule has 2 N–H and O–H groups in total. The molecule has 0 unspecified atom stereocenters. The first-order chi connectivity index (χ1) is 12.3. The molecule has 8 nitrogen and oxygen atoms in total. The van der Waals surface area contributed by atoms with Crippen LogP contribution in [0.15, 0.2) is 47.1 Å². The second-order valence-corrected chi connectivity index (χ2v) is 5.11. The second-order valence-electron chi connectivity index (χ2n) is 5.11. The molecule has 25 heavy (non-hydrogen) atoms. The average Bonchev–Trinajstić information content (AvgIpc) is 3.11. The molecule has 3 aromatic rings. The standard InChI is InChI=1S/C17H19N5O3/c1-23-10-9-19-17-18-8-7-15(21-17)20-16-11-14(22-25-16)12-3-5-13(24-2)6-4-12/h3-8,11H,9-10H2,1-2H3,(H2,18,19,20,21). The summed E-state index contributed by atoms with van der Waals surface area (Å²) in [5.41, 5.74) is 1.65. The molecule has 8 heteroatoms. The minimum Gasteiger partial charge on any atom is -0.497 e. The van der Waals surface area contributed by atoms with Crippen LogP contribution in [0, 0.1) is 0 Å².